The normalized spacial score (nSPS) is 23.8. The predicted molar refractivity (Wildman–Crippen MR) is 221 cm³/mol. The van der Waals surface area contributed by atoms with E-state index in [-0.39, 0.29) is 65.2 Å². The summed E-state index contributed by atoms with van der Waals surface area (Å²) in [5.41, 5.74) is 8.51. The minimum Gasteiger partial charge on any atom is -0.508 e. The van der Waals surface area contributed by atoms with Crippen LogP contribution in [0, 0.1) is 11.2 Å². The minimum atomic E-state index is -0.998. The van der Waals surface area contributed by atoms with Gasteiger partial charge in [0.1, 0.15) is 17.6 Å². The van der Waals surface area contributed by atoms with Crippen molar-refractivity contribution in [2.45, 2.75) is 82.3 Å². The van der Waals surface area contributed by atoms with Crippen molar-refractivity contribution < 1.29 is 33.5 Å². The molecule has 2 N–H and O–H groups in total. The second-order valence-corrected chi connectivity index (χ2v) is 17.8. The molecule has 11 nitrogen and oxygen atoms in total. The maximum atomic E-state index is 13.9. The number of likely N-dealkylation sites (tertiary alicyclic amines) is 1. The van der Waals surface area contributed by atoms with E-state index in [2.05, 4.69) is 39.4 Å². The first-order valence-corrected chi connectivity index (χ1v) is 21.3. The molecule has 12 heteroatoms. The molecule has 60 heavy (non-hydrogen) atoms. The van der Waals surface area contributed by atoms with Crippen LogP contribution in [0.5, 0.6) is 5.75 Å². The van der Waals surface area contributed by atoms with Crippen molar-refractivity contribution in [2.75, 3.05) is 37.6 Å². The summed E-state index contributed by atoms with van der Waals surface area (Å²) in [6, 6.07) is 24.1. The number of piperidine rings is 3. The van der Waals surface area contributed by atoms with Crippen LogP contribution >= 0.6 is 0 Å². The number of nitrogens with zero attached hydrogens (tertiary/aromatic N) is 4. The van der Waals surface area contributed by atoms with Crippen molar-refractivity contribution in [3.05, 3.63) is 129 Å². The van der Waals surface area contributed by atoms with Crippen LogP contribution in [0.3, 0.4) is 0 Å². The smallest absolute Gasteiger partial charge is 0.262 e. The lowest BCUT2D eigenvalue weighted by atomic mass is 9.69. The molecule has 308 valence electrons. The second-order valence-electron chi connectivity index (χ2n) is 17.8. The average molecular weight is 810 g/mol. The number of rotatable bonds is 6. The van der Waals surface area contributed by atoms with Crippen molar-refractivity contribution >= 4 is 35.2 Å². The molecule has 1 aliphatic carbocycles. The summed E-state index contributed by atoms with van der Waals surface area (Å²) in [4.78, 5) is 71.9. The van der Waals surface area contributed by atoms with E-state index >= 15 is 0 Å². The first-order chi connectivity index (χ1) is 29.0. The Morgan fingerprint density at radius 2 is 1.37 bits per heavy atom. The van der Waals surface area contributed by atoms with Crippen LogP contribution in [-0.2, 0) is 33.9 Å². The van der Waals surface area contributed by atoms with E-state index in [4.69, 9.17) is 0 Å². The molecule has 1 unspecified atom stereocenters. The zero-order chi connectivity index (χ0) is 41.3. The Morgan fingerprint density at radius 3 is 2.02 bits per heavy atom. The monoisotopic (exact) mass is 809 g/mol. The molecule has 3 atom stereocenters. The lowest BCUT2D eigenvalue weighted by Gasteiger charge is -2.47. The van der Waals surface area contributed by atoms with Gasteiger partial charge in [0, 0.05) is 57.3 Å². The second kappa shape index (κ2) is 15.0. The average Bonchev–Trinajstić information content (AvgIpc) is 3.75. The SMILES string of the molecule is O=C1CCC(N2C(=O)c3cc4c(cc3C2=O)CN(CC(=O)N2CCC3(CC2)CCN(c2ccc([C@H]5c6ccc(O)cc6CC[C@H]5c5ccc(F)cc5)cc2)CC3)C4)C(=O)N1. The van der Waals surface area contributed by atoms with Gasteiger partial charge in [-0.15, -0.1) is 0 Å². The summed E-state index contributed by atoms with van der Waals surface area (Å²) in [6.45, 7) is 4.65. The van der Waals surface area contributed by atoms with E-state index in [0.29, 0.717) is 13.1 Å². The number of phenolic OH excluding ortho intramolecular Hbond substituents is 1. The zero-order valence-electron chi connectivity index (χ0n) is 33.5. The van der Waals surface area contributed by atoms with Gasteiger partial charge in [-0.05, 0) is 138 Å². The maximum Gasteiger partial charge on any atom is 0.262 e. The van der Waals surface area contributed by atoms with Gasteiger partial charge in [-0.25, -0.2) is 4.39 Å². The summed E-state index contributed by atoms with van der Waals surface area (Å²) in [7, 11) is 0. The number of aryl methyl sites for hydroxylation is 1. The predicted octanol–water partition coefficient (Wildman–Crippen LogP) is 6.02. The Balaban J connectivity index is 0.733. The number of carbonyl (C=O) groups excluding carboxylic acids is 5. The van der Waals surface area contributed by atoms with Gasteiger partial charge in [-0.1, -0.05) is 30.3 Å². The van der Waals surface area contributed by atoms with Crippen LogP contribution in [-0.4, -0.2) is 88.1 Å². The van der Waals surface area contributed by atoms with Crippen molar-refractivity contribution in [3.63, 3.8) is 0 Å². The van der Waals surface area contributed by atoms with Crippen molar-refractivity contribution in [2.24, 2.45) is 5.41 Å². The Bertz CT molecular complexity index is 2370. The molecule has 6 aliphatic rings. The summed E-state index contributed by atoms with van der Waals surface area (Å²) >= 11 is 0. The lowest BCUT2D eigenvalue weighted by molar-refractivity contribution is -0.137. The van der Waals surface area contributed by atoms with E-state index in [1.54, 1.807) is 30.3 Å². The molecule has 5 heterocycles. The number of imide groups is 2. The molecule has 1 spiro atoms. The van der Waals surface area contributed by atoms with E-state index in [9.17, 15) is 33.5 Å². The molecule has 0 aromatic heterocycles. The Hall–Kier alpha value is -5.88. The molecular formula is C48H48FN5O6. The molecule has 0 saturated carbocycles. The van der Waals surface area contributed by atoms with E-state index in [1.807, 2.05) is 29.2 Å². The summed E-state index contributed by atoms with van der Waals surface area (Å²) in [5, 5.41) is 12.5. The first kappa shape index (κ1) is 38.3. The number of hydrogen-bond donors (Lipinski definition) is 2. The number of phenols is 1. The fourth-order valence-corrected chi connectivity index (χ4v) is 11.0. The van der Waals surface area contributed by atoms with Gasteiger partial charge >= 0.3 is 0 Å². The maximum absolute atomic E-state index is 13.9. The molecule has 3 fully saturated rings. The Morgan fingerprint density at radius 1 is 0.733 bits per heavy atom. The number of aromatic hydroxyl groups is 1. The van der Waals surface area contributed by atoms with Gasteiger partial charge < -0.3 is 14.9 Å². The molecule has 4 aromatic carbocycles. The van der Waals surface area contributed by atoms with E-state index < -0.39 is 29.7 Å². The van der Waals surface area contributed by atoms with E-state index in [0.717, 1.165) is 86.3 Å². The first-order valence-electron chi connectivity index (χ1n) is 21.3. The molecule has 10 rings (SSSR count). The highest BCUT2D eigenvalue weighted by atomic mass is 19.1. The third kappa shape index (κ3) is 6.84. The standard InChI is InChI=1S/C48H48FN5O6/c49-34-6-1-29(2-7-34)37-11-5-31-23-36(55)10-12-38(31)44(37)30-3-8-35(9-4-30)52-19-15-48(16-20-52)17-21-53(22-18-48)43(57)28-51-26-32-24-39-40(25-33(32)27-51)47(60)54(46(39)59)41-13-14-42(56)50-45(41)58/h1-4,6-10,12,23-25,37,41,44,55H,5,11,13-22,26-28H2,(H,50,56,58)/t37-,41?,44+/m0/s1. The number of fused-ring (bicyclic) bond motifs is 3. The van der Waals surface area contributed by atoms with Gasteiger partial charge in [-0.2, -0.15) is 0 Å². The molecule has 3 saturated heterocycles. The molecule has 0 radical (unpaired) electrons. The van der Waals surface area contributed by atoms with Crippen molar-refractivity contribution in [3.8, 4) is 5.75 Å². The Kier molecular flexibility index (Phi) is 9.58. The van der Waals surface area contributed by atoms with Gasteiger partial charge in [0.2, 0.25) is 17.7 Å². The van der Waals surface area contributed by atoms with Gasteiger partial charge in [0.25, 0.3) is 11.8 Å². The summed E-state index contributed by atoms with van der Waals surface area (Å²) in [5.74, 6) is -1.62. The topological polar surface area (TPSA) is 131 Å². The highest BCUT2D eigenvalue weighted by Crippen LogP contribution is 2.48. The minimum absolute atomic E-state index is 0.0741. The largest absolute Gasteiger partial charge is 0.508 e. The molecule has 0 bridgehead atoms. The van der Waals surface area contributed by atoms with Crippen LogP contribution in [0.15, 0.2) is 78.9 Å². The van der Waals surface area contributed by atoms with Gasteiger partial charge in [0.05, 0.1) is 17.7 Å². The van der Waals surface area contributed by atoms with Crippen molar-refractivity contribution in [1.82, 2.24) is 20.0 Å². The lowest BCUT2D eigenvalue weighted by Crippen LogP contribution is -2.54. The zero-order valence-corrected chi connectivity index (χ0v) is 33.5. The fraction of sp³-hybridized carbons (Fsp3) is 0.396. The molecule has 5 aliphatic heterocycles. The number of nitrogens with one attached hydrogen (secondary N) is 1. The van der Waals surface area contributed by atoms with Gasteiger partial charge in [-0.3, -0.25) is 39.1 Å². The van der Waals surface area contributed by atoms with Crippen LogP contribution in [0.4, 0.5) is 10.1 Å². The fourth-order valence-electron chi connectivity index (χ4n) is 11.0. The highest BCUT2D eigenvalue weighted by Gasteiger charge is 2.46. The number of benzene rings is 4. The summed E-state index contributed by atoms with van der Waals surface area (Å²) in [6.07, 6.45) is 6.09. The van der Waals surface area contributed by atoms with E-state index in [1.165, 1.54) is 22.4 Å². The van der Waals surface area contributed by atoms with Crippen molar-refractivity contribution in [1.29, 1.82) is 0 Å². The van der Waals surface area contributed by atoms with Crippen LogP contribution in [0.2, 0.25) is 0 Å². The van der Waals surface area contributed by atoms with Crippen LogP contribution < -0.4 is 10.2 Å². The Labute approximate surface area is 348 Å². The number of hydrogen-bond acceptors (Lipinski definition) is 8. The number of carbonyl (C=O) groups is 5. The third-order valence-corrected chi connectivity index (χ3v) is 14.4. The molecule has 4 aromatic rings. The molecular weight excluding hydrogens is 762 g/mol. The number of amides is 5. The number of anilines is 1. The summed E-state index contributed by atoms with van der Waals surface area (Å²) < 4.78 is 13.9. The number of halogens is 1. The van der Waals surface area contributed by atoms with Crippen LogP contribution in [0.25, 0.3) is 0 Å². The van der Waals surface area contributed by atoms with Crippen LogP contribution in [0.1, 0.15) is 111 Å². The van der Waals surface area contributed by atoms with Gasteiger partial charge in [0.15, 0.2) is 0 Å². The third-order valence-electron chi connectivity index (χ3n) is 14.4. The molecule has 5 amide bonds. The quantitative estimate of drug-likeness (QED) is 0.227. The highest BCUT2D eigenvalue weighted by molar-refractivity contribution is 6.23.